The summed E-state index contributed by atoms with van der Waals surface area (Å²) in [5.41, 5.74) is 0.438. The van der Waals surface area contributed by atoms with Crippen LogP contribution in [0.4, 0.5) is 5.69 Å². The molecular weight excluding hydrogens is 400 g/mol. The second-order valence-electron chi connectivity index (χ2n) is 7.13. The standard InChI is InChI=1S/C20H23ClN2O6/c1-28-16-7-6-12(10-15(16)21)22-17(24)11-29-18(25)8-9-23-19(26)13-4-2-3-5-14(13)20(23)27/h6-7,10,13-14H,2-5,8-9,11H2,1H3,(H,22,24)/t13-,14-/m0/s1. The number of nitrogens with zero attached hydrogens (tertiary/aromatic N) is 1. The molecule has 1 saturated carbocycles. The molecule has 0 unspecified atom stereocenters. The van der Waals surface area contributed by atoms with Crippen LogP contribution in [0.1, 0.15) is 32.1 Å². The summed E-state index contributed by atoms with van der Waals surface area (Å²) in [6.45, 7) is -0.491. The Labute approximate surface area is 173 Å². The number of halogens is 1. The molecule has 1 aromatic carbocycles. The maximum Gasteiger partial charge on any atom is 0.308 e. The fraction of sp³-hybridized carbons (Fsp3) is 0.500. The van der Waals surface area contributed by atoms with Gasteiger partial charge in [-0.1, -0.05) is 24.4 Å². The van der Waals surface area contributed by atoms with Crippen molar-refractivity contribution in [1.29, 1.82) is 0 Å². The number of likely N-dealkylation sites (tertiary alicyclic amines) is 1. The highest BCUT2D eigenvalue weighted by molar-refractivity contribution is 6.32. The number of methoxy groups -OCH3 is 1. The highest BCUT2D eigenvalue weighted by atomic mass is 35.5. The van der Waals surface area contributed by atoms with Gasteiger partial charge in [-0.15, -0.1) is 0 Å². The number of imide groups is 1. The van der Waals surface area contributed by atoms with Gasteiger partial charge >= 0.3 is 5.97 Å². The Morgan fingerprint density at radius 2 is 1.83 bits per heavy atom. The van der Waals surface area contributed by atoms with Gasteiger partial charge in [0.15, 0.2) is 6.61 Å². The third-order valence-corrected chi connectivity index (χ3v) is 5.57. The highest BCUT2D eigenvalue weighted by Crippen LogP contribution is 2.38. The molecule has 1 N–H and O–H groups in total. The van der Waals surface area contributed by atoms with E-state index >= 15 is 0 Å². The molecule has 2 atom stereocenters. The third kappa shape index (κ3) is 4.87. The van der Waals surface area contributed by atoms with Crippen molar-refractivity contribution in [2.45, 2.75) is 32.1 Å². The molecule has 1 aliphatic heterocycles. The maximum absolute atomic E-state index is 12.4. The fourth-order valence-electron chi connectivity index (χ4n) is 3.81. The van der Waals surface area contributed by atoms with Gasteiger partial charge in [-0.05, 0) is 31.0 Å². The molecule has 1 saturated heterocycles. The maximum atomic E-state index is 12.4. The second-order valence-corrected chi connectivity index (χ2v) is 7.54. The van der Waals surface area contributed by atoms with E-state index in [0.29, 0.717) is 16.5 Å². The van der Waals surface area contributed by atoms with Crippen LogP contribution in [-0.4, -0.2) is 48.9 Å². The van der Waals surface area contributed by atoms with Crippen molar-refractivity contribution in [1.82, 2.24) is 4.90 Å². The first-order valence-corrected chi connectivity index (χ1v) is 9.92. The summed E-state index contributed by atoms with van der Waals surface area (Å²) in [5, 5.41) is 2.90. The van der Waals surface area contributed by atoms with E-state index in [0.717, 1.165) is 25.7 Å². The number of fused-ring (bicyclic) bond motifs is 1. The molecule has 9 heteroatoms. The Balaban J connectivity index is 1.43. The summed E-state index contributed by atoms with van der Waals surface area (Å²) in [6, 6.07) is 4.73. The molecule has 0 radical (unpaired) electrons. The van der Waals surface area contributed by atoms with Crippen LogP contribution in [0.25, 0.3) is 0 Å². The number of carbonyl (C=O) groups excluding carboxylic acids is 4. The monoisotopic (exact) mass is 422 g/mol. The van der Waals surface area contributed by atoms with Gasteiger partial charge in [-0.3, -0.25) is 24.1 Å². The average molecular weight is 423 g/mol. The summed E-state index contributed by atoms with van der Waals surface area (Å²) in [7, 11) is 1.48. The zero-order valence-electron chi connectivity index (χ0n) is 16.1. The number of ether oxygens (including phenoxy) is 2. The Hall–Kier alpha value is -2.61. The van der Waals surface area contributed by atoms with E-state index in [9.17, 15) is 19.2 Å². The number of amides is 3. The van der Waals surface area contributed by atoms with Gasteiger partial charge < -0.3 is 14.8 Å². The van der Waals surface area contributed by atoms with Gasteiger partial charge in [0.2, 0.25) is 11.8 Å². The second kappa shape index (κ2) is 9.26. The molecule has 1 aromatic rings. The molecule has 0 spiro atoms. The Morgan fingerprint density at radius 3 is 2.41 bits per heavy atom. The SMILES string of the molecule is COc1ccc(NC(=O)COC(=O)CCN2C(=O)[C@H]3CCCC[C@@H]3C2=O)cc1Cl. The molecule has 0 aromatic heterocycles. The van der Waals surface area contributed by atoms with Gasteiger partial charge in [-0.25, -0.2) is 0 Å². The first kappa shape index (κ1) is 21.1. The van der Waals surface area contributed by atoms with Crippen LogP contribution in [-0.2, 0) is 23.9 Å². The lowest BCUT2D eigenvalue weighted by Crippen LogP contribution is -2.33. The van der Waals surface area contributed by atoms with E-state index in [-0.39, 0.29) is 36.6 Å². The van der Waals surface area contributed by atoms with Crippen molar-refractivity contribution in [3.8, 4) is 5.75 Å². The number of benzene rings is 1. The van der Waals surface area contributed by atoms with Crippen molar-refractivity contribution in [3.05, 3.63) is 23.2 Å². The van der Waals surface area contributed by atoms with E-state index < -0.39 is 18.5 Å². The molecule has 2 fully saturated rings. The van der Waals surface area contributed by atoms with Crippen molar-refractivity contribution in [3.63, 3.8) is 0 Å². The number of anilines is 1. The van der Waals surface area contributed by atoms with Crippen molar-refractivity contribution >= 4 is 41.0 Å². The lowest BCUT2D eigenvalue weighted by Gasteiger charge is -2.19. The van der Waals surface area contributed by atoms with Crippen LogP contribution in [0.2, 0.25) is 5.02 Å². The molecule has 29 heavy (non-hydrogen) atoms. The van der Waals surface area contributed by atoms with Crippen molar-refractivity contribution < 1.29 is 28.7 Å². The van der Waals surface area contributed by atoms with Crippen molar-refractivity contribution in [2.75, 3.05) is 25.6 Å². The Bertz CT molecular complexity index is 803. The summed E-state index contributed by atoms with van der Waals surface area (Å²) >= 11 is 5.99. The smallest absolute Gasteiger partial charge is 0.308 e. The van der Waals surface area contributed by atoms with E-state index in [4.69, 9.17) is 21.1 Å². The number of nitrogens with one attached hydrogen (secondary N) is 1. The number of carbonyl (C=O) groups is 4. The molecule has 1 heterocycles. The largest absolute Gasteiger partial charge is 0.495 e. The van der Waals surface area contributed by atoms with Gasteiger partial charge in [-0.2, -0.15) is 0 Å². The van der Waals surface area contributed by atoms with Gasteiger partial charge in [0.1, 0.15) is 5.75 Å². The molecule has 1 aliphatic carbocycles. The predicted molar refractivity (Wildman–Crippen MR) is 104 cm³/mol. The fourth-order valence-corrected chi connectivity index (χ4v) is 4.07. The molecule has 156 valence electrons. The number of hydrogen-bond donors (Lipinski definition) is 1. The number of rotatable bonds is 7. The molecule has 0 bridgehead atoms. The van der Waals surface area contributed by atoms with Crippen LogP contribution in [0, 0.1) is 11.8 Å². The van der Waals surface area contributed by atoms with E-state index in [1.54, 1.807) is 12.1 Å². The molecule has 8 nitrogen and oxygen atoms in total. The molecule has 3 rings (SSSR count). The summed E-state index contributed by atoms with van der Waals surface area (Å²) in [6.07, 6.45) is 3.21. The number of esters is 1. The summed E-state index contributed by atoms with van der Waals surface area (Å²) < 4.78 is 9.98. The Kier molecular flexibility index (Phi) is 6.74. The molecular formula is C20H23ClN2O6. The van der Waals surface area contributed by atoms with E-state index in [1.807, 2.05) is 0 Å². The molecule has 2 aliphatic rings. The van der Waals surface area contributed by atoms with Crippen LogP contribution >= 0.6 is 11.6 Å². The van der Waals surface area contributed by atoms with Crippen molar-refractivity contribution in [2.24, 2.45) is 11.8 Å². The normalized spacial score (nSPS) is 21.0. The van der Waals surface area contributed by atoms with Gasteiger partial charge in [0.25, 0.3) is 5.91 Å². The third-order valence-electron chi connectivity index (χ3n) is 5.27. The first-order valence-electron chi connectivity index (χ1n) is 9.55. The topological polar surface area (TPSA) is 102 Å². The van der Waals surface area contributed by atoms with Crippen LogP contribution < -0.4 is 10.1 Å². The summed E-state index contributed by atoms with van der Waals surface area (Å²) in [5.74, 6) is -1.57. The lowest BCUT2D eigenvalue weighted by atomic mass is 9.81. The van der Waals surface area contributed by atoms with Crippen LogP contribution in [0.5, 0.6) is 5.75 Å². The van der Waals surface area contributed by atoms with Crippen LogP contribution in [0.3, 0.4) is 0 Å². The van der Waals surface area contributed by atoms with Gasteiger partial charge in [0.05, 0.1) is 30.4 Å². The zero-order chi connectivity index (χ0) is 21.0. The quantitative estimate of drug-likeness (QED) is 0.534. The minimum atomic E-state index is -0.650. The molecule has 3 amide bonds. The first-order chi connectivity index (χ1) is 13.9. The zero-order valence-corrected chi connectivity index (χ0v) is 16.9. The number of hydrogen-bond acceptors (Lipinski definition) is 6. The minimum Gasteiger partial charge on any atom is -0.495 e. The predicted octanol–water partition coefficient (Wildman–Crippen LogP) is 2.40. The minimum absolute atomic E-state index is 0.0147. The van der Waals surface area contributed by atoms with E-state index in [2.05, 4.69) is 5.32 Å². The average Bonchev–Trinajstić information content (AvgIpc) is 2.95. The lowest BCUT2D eigenvalue weighted by molar-refractivity contribution is -0.148. The van der Waals surface area contributed by atoms with Gasteiger partial charge in [0, 0.05) is 12.2 Å². The van der Waals surface area contributed by atoms with E-state index in [1.165, 1.54) is 18.1 Å². The van der Waals surface area contributed by atoms with Crippen LogP contribution in [0.15, 0.2) is 18.2 Å². The Morgan fingerprint density at radius 1 is 1.17 bits per heavy atom. The highest BCUT2D eigenvalue weighted by Gasteiger charge is 2.47. The summed E-state index contributed by atoms with van der Waals surface area (Å²) in [4.78, 5) is 49.8.